The predicted molar refractivity (Wildman–Crippen MR) is 109 cm³/mol. The van der Waals surface area contributed by atoms with E-state index < -0.39 is 0 Å². The van der Waals surface area contributed by atoms with Crippen molar-refractivity contribution in [2.45, 2.75) is 18.3 Å². The molecule has 0 spiro atoms. The molecule has 2 unspecified atom stereocenters. The number of oxazole rings is 1. The first kappa shape index (κ1) is 17.7. The lowest BCUT2D eigenvalue weighted by Gasteiger charge is -2.36. The van der Waals surface area contributed by atoms with Crippen LogP contribution in [-0.4, -0.2) is 31.2 Å². The highest BCUT2D eigenvalue weighted by Gasteiger charge is 2.44. The van der Waals surface area contributed by atoms with Crippen LogP contribution in [0.25, 0.3) is 0 Å². The molecule has 1 aliphatic heterocycles. The van der Waals surface area contributed by atoms with E-state index in [4.69, 9.17) is 4.42 Å². The molecule has 0 radical (unpaired) electrons. The molecule has 3 aromatic rings. The van der Waals surface area contributed by atoms with Gasteiger partial charge in [-0.15, -0.1) is 0 Å². The molecular weight excluding hydrogens is 367 g/mol. The summed E-state index contributed by atoms with van der Waals surface area (Å²) in [7, 11) is 0. The van der Waals surface area contributed by atoms with Gasteiger partial charge in [-0.25, -0.2) is 9.37 Å². The number of hydrogen-bond acceptors (Lipinski definition) is 5. The molecule has 2 aromatic carbocycles. The third-order valence-corrected chi connectivity index (χ3v) is 5.83. The van der Waals surface area contributed by atoms with Crippen molar-refractivity contribution in [3.8, 4) is 6.07 Å². The summed E-state index contributed by atoms with van der Waals surface area (Å²) < 4.78 is 20.1. The topological polar surface area (TPSA) is 56.3 Å². The Morgan fingerprint density at radius 1 is 0.931 bits per heavy atom. The van der Waals surface area contributed by atoms with Crippen LogP contribution in [0.4, 0.5) is 16.0 Å². The van der Waals surface area contributed by atoms with E-state index in [0.29, 0.717) is 55.3 Å². The molecule has 0 amide bonds. The van der Waals surface area contributed by atoms with E-state index in [2.05, 4.69) is 23.2 Å². The minimum atomic E-state index is -0.207. The van der Waals surface area contributed by atoms with Gasteiger partial charge in [-0.1, -0.05) is 42.5 Å². The van der Waals surface area contributed by atoms with E-state index in [0.717, 1.165) is 6.42 Å². The molecule has 2 fully saturated rings. The summed E-state index contributed by atoms with van der Waals surface area (Å²) in [5.41, 5.74) is 2.25. The zero-order valence-corrected chi connectivity index (χ0v) is 16.0. The molecule has 146 valence electrons. The monoisotopic (exact) mass is 388 g/mol. The van der Waals surface area contributed by atoms with E-state index in [-0.39, 0.29) is 11.7 Å². The summed E-state index contributed by atoms with van der Waals surface area (Å²) in [5, 5.41) is 9.55. The van der Waals surface area contributed by atoms with Gasteiger partial charge in [0, 0.05) is 32.1 Å². The largest absolute Gasteiger partial charge is 0.423 e. The van der Waals surface area contributed by atoms with Gasteiger partial charge in [0.25, 0.3) is 0 Å². The molecule has 5 nitrogen and oxygen atoms in total. The number of rotatable bonds is 4. The van der Waals surface area contributed by atoms with Gasteiger partial charge in [-0.2, -0.15) is 5.26 Å². The van der Waals surface area contributed by atoms with E-state index in [1.807, 2.05) is 34.1 Å². The summed E-state index contributed by atoms with van der Waals surface area (Å²) >= 11 is 0. The summed E-state index contributed by atoms with van der Waals surface area (Å²) in [6.45, 7) is 2.64. The van der Waals surface area contributed by atoms with Gasteiger partial charge < -0.3 is 14.2 Å². The third kappa shape index (κ3) is 3.33. The molecule has 2 heterocycles. The van der Waals surface area contributed by atoms with Crippen molar-refractivity contribution in [3.05, 3.63) is 77.6 Å². The Morgan fingerprint density at radius 2 is 1.62 bits per heavy atom. The normalized spacial score (nSPS) is 21.1. The lowest BCUT2D eigenvalue weighted by atomic mass is 10.1. The fourth-order valence-electron chi connectivity index (χ4n) is 4.17. The van der Waals surface area contributed by atoms with Crippen LogP contribution in [-0.2, 0) is 0 Å². The van der Waals surface area contributed by atoms with Crippen molar-refractivity contribution in [1.29, 1.82) is 5.26 Å². The molecule has 2 aliphatic rings. The smallest absolute Gasteiger partial charge is 0.234 e. The molecule has 1 aliphatic carbocycles. The maximum atomic E-state index is 14.1. The Kier molecular flexibility index (Phi) is 4.44. The highest BCUT2D eigenvalue weighted by molar-refractivity contribution is 5.53. The second-order valence-electron chi connectivity index (χ2n) is 7.60. The summed E-state index contributed by atoms with van der Waals surface area (Å²) in [5.74, 6) is 1.64. The average molecular weight is 388 g/mol. The maximum Gasteiger partial charge on any atom is 0.234 e. The number of piperazine rings is 1. The Labute approximate surface area is 169 Å². The third-order valence-electron chi connectivity index (χ3n) is 5.83. The first-order valence-corrected chi connectivity index (χ1v) is 9.95. The molecule has 1 saturated carbocycles. The zero-order chi connectivity index (χ0) is 19.8. The second-order valence-corrected chi connectivity index (χ2v) is 7.60. The molecule has 1 saturated heterocycles. The first-order valence-electron chi connectivity index (χ1n) is 9.95. The summed E-state index contributed by atoms with van der Waals surface area (Å²) in [4.78, 5) is 8.57. The minimum absolute atomic E-state index is 0.207. The number of nitrogens with zero attached hydrogens (tertiary/aromatic N) is 4. The van der Waals surface area contributed by atoms with Crippen molar-refractivity contribution in [2.24, 2.45) is 0 Å². The predicted octanol–water partition coefficient (Wildman–Crippen LogP) is 4.28. The van der Waals surface area contributed by atoms with Crippen molar-refractivity contribution < 1.29 is 8.81 Å². The van der Waals surface area contributed by atoms with Crippen molar-refractivity contribution in [1.82, 2.24) is 4.98 Å². The van der Waals surface area contributed by atoms with Crippen LogP contribution in [0.3, 0.4) is 0 Å². The molecule has 6 heteroatoms. The Hall–Kier alpha value is -3.33. The maximum absolute atomic E-state index is 14.1. The van der Waals surface area contributed by atoms with Crippen LogP contribution in [0, 0.1) is 17.1 Å². The van der Waals surface area contributed by atoms with Crippen molar-refractivity contribution in [2.75, 3.05) is 36.0 Å². The highest BCUT2D eigenvalue weighted by Crippen LogP contribution is 2.54. The quantitative estimate of drug-likeness (QED) is 0.668. The van der Waals surface area contributed by atoms with Crippen LogP contribution >= 0.6 is 0 Å². The molecule has 0 N–H and O–H groups in total. The van der Waals surface area contributed by atoms with E-state index in [1.54, 1.807) is 12.1 Å². The van der Waals surface area contributed by atoms with E-state index in [9.17, 15) is 9.65 Å². The van der Waals surface area contributed by atoms with Crippen molar-refractivity contribution in [3.63, 3.8) is 0 Å². The lowest BCUT2D eigenvalue weighted by Crippen LogP contribution is -2.47. The van der Waals surface area contributed by atoms with Crippen LogP contribution in [0.1, 0.15) is 35.4 Å². The molecule has 5 rings (SSSR count). The summed E-state index contributed by atoms with van der Waals surface area (Å²) in [6.07, 6.45) is 0.996. The number of nitriles is 1. The average Bonchev–Trinajstić information content (AvgIpc) is 3.46. The SMILES string of the molecule is N#Cc1nc(C2CC2c2ccccc2)oc1N1CCN(c2ccccc2F)CC1. The molecule has 2 atom stereocenters. The fraction of sp³-hybridized carbons (Fsp3) is 0.304. The van der Waals surface area contributed by atoms with Crippen LogP contribution < -0.4 is 9.80 Å². The Balaban J connectivity index is 1.30. The number of para-hydroxylation sites is 1. The minimum Gasteiger partial charge on any atom is -0.423 e. The lowest BCUT2D eigenvalue weighted by molar-refractivity contribution is 0.475. The summed E-state index contributed by atoms with van der Waals surface area (Å²) in [6, 6.07) is 19.4. The number of aromatic nitrogens is 1. The van der Waals surface area contributed by atoms with Gasteiger partial charge in [0.1, 0.15) is 11.9 Å². The number of benzene rings is 2. The number of hydrogen-bond donors (Lipinski definition) is 0. The molecule has 1 aromatic heterocycles. The van der Waals surface area contributed by atoms with Crippen molar-refractivity contribution >= 4 is 11.6 Å². The molecular formula is C23H21FN4O. The fourth-order valence-corrected chi connectivity index (χ4v) is 4.17. The first-order chi connectivity index (χ1) is 14.2. The van der Waals surface area contributed by atoms with Gasteiger partial charge in [0.15, 0.2) is 0 Å². The van der Waals surface area contributed by atoms with Gasteiger partial charge in [-0.3, -0.25) is 0 Å². The Morgan fingerprint density at radius 3 is 2.34 bits per heavy atom. The van der Waals surface area contributed by atoms with Gasteiger partial charge >= 0.3 is 0 Å². The number of halogens is 1. The number of anilines is 2. The second kappa shape index (κ2) is 7.25. The Bertz CT molecular complexity index is 1050. The molecule has 0 bridgehead atoms. The van der Waals surface area contributed by atoms with Crippen LogP contribution in [0.2, 0.25) is 0 Å². The highest BCUT2D eigenvalue weighted by atomic mass is 19.1. The van der Waals surface area contributed by atoms with E-state index in [1.165, 1.54) is 11.6 Å². The van der Waals surface area contributed by atoms with Gasteiger partial charge in [0.2, 0.25) is 17.5 Å². The van der Waals surface area contributed by atoms with Crippen LogP contribution in [0.5, 0.6) is 0 Å². The van der Waals surface area contributed by atoms with E-state index >= 15 is 0 Å². The van der Waals surface area contributed by atoms with Gasteiger partial charge in [-0.05, 0) is 30.0 Å². The molecule has 29 heavy (non-hydrogen) atoms. The van der Waals surface area contributed by atoms with Gasteiger partial charge in [0.05, 0.1) is 5.69 Å². The zero-order valence-electron chi connectivity index (χ0n) is 16.0. The van der Waals surface area contributed by atoms with Crippen LogP contribution in [0.15, 0.2) is 59.0 Å². The standard InChI is InChI=1S/C23H21FN4O/c24-19-8-4-5-9-21(19)27-10-12-28(13-11-27)23-20(15-25)26-22(29-23)18-14-17(18)16-6-2-1-3-7-16/h1-9,17-18H,10-14H2.